The van der Waals surface area contributed by atoms with E-state index in [-0.39, 0.29) is 11.8 Å². The summed E-state index contributed by atoms with van der Waals surface area (Å²) >= 11 is 7.85. The summed E-state index contributed by atoms with van der Waals surface area (Å²) in [4.78, 5) is 32.0. The predicted octanol–water partition coefficient (Wildman–Crippen LogP) is 5.10. The summed E-state index contributed by atoms with van der Waals surface area (Å²) in [6.07, 6.45) is 5.26. The molecule has 8 heteroatoms. The summed E-state index contributed by atoms with van der Waals surface area (Å²) in [7, 11) is 0. The van der Waals surface area contributed by atoms with Crippen LogP contribution in [0.4, 0.5) is 11.4 Å². The highest BCUT2D eigenvalue weighted by molar-refractivity contribution is 7.15. The summed E-state index contributed by atoms with van der Waals surface area (Å²) in [5.74, 6) is -0.223. The van der Waals surface area contributed by atoms with Crippen molar-refractivity contribution in [1.82, 2.24) is 9.38 Å². The average Bonchev–Trinajstić information content (AvgIpc) is 3.45. The van der Waals surface area contributed by atoms with E-state index in [4.69, 9.17) is 11.6 Å². The molecule has 5 rings (SSSR count). The van der Waals surface area contributed by atoms with Crippen molar-refractivity contribution in [2.75, 3.05) is 16.8 Å². The van der Waals surface area contributed by atoms with Crippen LogP contribution in [0.3, 0.4) is 0 Å². The van der Waals surface area contributed by atoms with Crippen LogP contribution < -0.4 is 10.2 Å². The van der Waals surface area contributed by atoms with Gasteiger partial charge in [-0.1, -0.05) is 23.7 Å². The van der Waals surface area contributed by atoms with Crippen LogP contribution in [-0.4, -0.2) is 27.7 Å². The zero-order chi connectivity index (χ0) is 20.7. The molecule has 0 bridgehead atoms. The monoisotopic (exact) mass is 436 g/mol. The largest absolute Gasteiger partial charge is 0.322 e. The lowest BCUT2D eigenvalue weighted by Crippen LogP contribution is -2.24. The van der Waals surface area contributed by atoms with E-state index in [1.54, 1.807) is 34.4 Å². The van der Waals surface area contributed by atoms with Crippen molar-refractivity contribution in [1.29, 1.82) is 0 Å². The van der Waals surface area contributed by atoms with E-state index in [2.05, 4.69) is 10.3 Å². The zero-order valence-corrected chi connectivity index (χ0v) is 17.4. The van der Waals surface area contributed by atoms with E-state index in [1.165, 1.54) is 0 Å². The van der Waals surface area contributed by atoms with E-state index < -0.39 is 0 Å². The number of carbonyl (C=O) groups excluding carboxylic acids is 2. The first kappa shape index (κ1) is 18.8. The van der Waals surface area contributed by atoms with Crippen LogP contribution in [0.15, 0.2) is 60.2 Å². The molecule has 2 aromatic carbocycles. The number of thiazole rings is 1. The second-order valence-electron chi connectivity index (χ2n) is 7.07. The smallest absolute Gasteiger partial charge is 0.255 e. The molecule has 0 spiro atoms. The Bertz CT molecular complexity index is 1230. The second-order valence-corrected chi connectivity index (χ2v) is 8.35. The molecule has 2 aromatic heterocycles. The van der Waals surface area contributed by atoms with Crippen molar-refractivity contribution >= 4 is 51.1 Å². The van der Waals surface area contributed by atoms with Crippen LogP contribution in [0.1, 0.15) is 23.2 Å². The van der Waals surface area contributed by atoms with E-state index in [0.29, 0.717) is 34.9 Å². The standard InChI is InChI=1S/C22H17ClN4O2S/c23-17-8-5-15(12-19(17)27-9-1-2-20(27)28)21(29)24-16-6-3-14(4-7-16)18-13-26-10-11-30-22(26)25-18/h3-8,10-13H,1-2,9H2,(H,24,29). The molecule has 0 aliphatic carbocycles. The molecule has 3 heterocycles. The maximum Gasteiger partial charge on any atom is 0.255 e. The van der Waals surface area contributed by atoms with Crippen molar-refractivity contribution in [3.8, 4) is 11.3 Å². The molecule has 0 saturated carbocycles. The molecule has 1 N–H and O–H groups in total. The molecule has 30 heavy (non-hydrogen) atoms. The molecule has 4 aromatic rings. The molecule has 150 valence electrons. The van der Waals surface area contributed by atoms with Gasteiger partial charge in [0.1, 0.15) is 0 Å². The van der Waals surface area contributed by atoms with Crippen LogP contribution in [0.2, 0.25) is 5.02 Å². The van der Waals surface area contributed by atoms with Crippen molar-refractivity contribution in [2.45, 2.75) is 12.8 Å². The molecule has 0 radical (unpaired) electrons. The molecular formula is C22H17ClN4O2S. The molecule has 6 nitrogen and oxygen atoms in total. The van der Waals surface area contributed by atoms with Gasteiger partial charge in [-0.2, -0.15) is 0 Å². The number of benzene rings is 2. The summed E-state index contributed by atoms with van der Waals surface area (Å²) < 4.78 is 1.99. The third kappa shape index (κ3) is 3.46. The van der Waals surface area contributed by atoms with Crippen molar-refractivity contribution < 1.29 is 9.59 Å². The summed E-state index contributed by atoms with van der Waals surface area (Å²) in [6.45, 7) is 0.622. The van der Waals surface area contributed by atoms with Crippen molar-refractivity contribution in [3.63, 3.8) is 0 Å². The number of fused-ring (bicyclic) bond motifs is 1. The molecule has 1 aliphatic heterocycles. The Labute approximate surface area is 181 Å². The number of hydrogen-bond acceptors (Lipinski definition) is 4. The van der Waals surface area contributed by atoms with Crippen LogP contribution in [0.5, 0.6) is 0 Å². The lowest BCUT2D eigenvalue weighted by molar-refractivity contribution is -0.117. The number of halogens is 1. The van der Waals surface area contributed by atoms with Gasteiger partial charge < -0.3 is 10.2 Å². The highest BCUT2D eigenvalue weighted by Crippen LogP contribution is 2.31. The Balaban J connectivity index is 1.34. The lowest BCUT2D eigenvalue weighted by Gasteiger charge is -2.18. The van der Waals surface area contributed by atoms with Gasteiger partial charge in [0, 0.05) is 47.6 Å². The van der Waals surface area contributed by atoms with E-state index in [0.717, 1.165) is 22.6 Å². The van der Waals surface area contributed by atoms with Gasteiger partial charge in [-0.15, -0.1) is 11.3 Å². The summed E-state index contributed by atoms with van der Waals surface area (Å²) in [6, 6.07) is 12.5. The minimum Gasteiger partial charge on any atom is -0.322 e. The predicted molar refractivity (Wildman–Crippen MR) is 119 cm³/mol. The maximum atomic E-state index is 12.7. The minimum absolute atomic E-state index is 0.0317. The molecule has 1 aliphatic rings. The number of rotatable bonds is 4. The van der Waals surface area contributed by atoms with Gasteiger partial charge in [0.15, 0.2) is 4.96 Å². The number of anilines is 2. The van der Waals surface area contributed by atoms with Gasteiger partial charge in [0.2, 0.25) is 5.91 Å². The third-order valence-corrected chi connectivity index (χ3v) is 6.19. The fourth-order valence-corrected chi connectivity index (χ4v) is 4.48. The number of nitrogens with zero attached hydrogens (tertiary/aromatic N) is 3. The van der Waals surface area contributed by atoms with E-state index in [9.17, 15) is 9.59 Å². The summed E-state index contributed by atoms with van der Waals surface area (Å²) in [5.41, 5.74) is 3.58. The van der Waals surface area contributed by atoms with Gasteiger partial charge in [0.05, 0.1) is 16.4 Å². The van der Waals surface area contributed by atoms with Crippen LogP contribution in [0.25, 0.3) is 16.2 Å². The average molecular weight is 437 g/mol. The number of nitrogens with one attached hydrogen (secondary N) is 1. The Hall–Kier alpha value is -3.16. The molecule has 0 unspecified atom stereocenters. The zero-order valence-electron chi connectivity index (χ0n) is 15.8. The topological polar surface area (TPSA) is 66.7 Å². The maximum absolute atomic E-state index is 12.7. The number of carbonyl (C=O) groups is 2. The normalized spacial score (nSPS) is 13.9. The fourth-order valence-electron chi connectivity index (χ4n) is 3.56. The van der Waals surface area contributed by atoms with Gasteiger partial charge in [-0.05, 0) is 36.8 Å². The molecular weight excluding hydrogens is 420 g/mol. The SMILES string of the molecule is O=C(Nc1ccc(-c2cn3ccsc3n2)cc1)c1ccc(Cl)c(N2CCCC2=O)c1. The van der Waals surface area contributed by atoms with Gasteiger partial charge in [-0.3, -0.25) is 14.0 Å². The highest BCUT2D eigenvalue weighted by atomic mass is 35.5. The Morgan fingerprint density at radius 3 is 2.73 bits per heavy atom. The molecule has 2 amide bonds. The third-order valence-electron chi connectivity index (χ3n) is 5.10. The Morgan fingerprint density at radius 1 is 1.17 bits per heavy atom. The highest BCUT2D eigenvalue weighted by Gasteiger charge is 2.24. The van der Waals surface area contributed by atoms with Crippen molar-refractivity contribution in [2.24, 2.45) is 0 Å². The number of amides is 2. The van der Waals surface area contributed by atoms with Crippen LogP contribution >= 0.6 is 22.9 Å². The molecule has 1 fully saturated rings. The Morgan fingerprint density at radius 2 is 2.00 bits per heavy atom. The fraction of sp³-hybridized carbons (Fsp3) is 0.136. The van der Waals surface area contributed by atoms with Crippen molar-refractivity contribution in [3.05, 3.63) is 70.8 Å². The van der Waals surface area contributed by atoms with E-state index >= 15 is 0 Å². The van der Waals surface area contributed by atoms with Crippen LogP contribution in [0, 0.1) is 0 Å². The first-order chi connectivity index (χ1) is 14.6. The first-order valence-electron chi connectivity index (χ1n) is 9.52. The van der Waals surface area contributed by atoms with E-state index in [1.807, 2.05) is 46.4 Å². The lowest BCUT2D eigenvalue weighted by atomic mass is 10.1. The Kier molecular flexibility index (Phi) is 4.77. The van der Waals surface area contributed by atoms with Crippen LogP contribution in [-0.2, 0) is 4.79 Å². The number of hydrogen-bond donors (Lipinski definition) is 1. The molecule has 1 saturated heterocycles. The van der Waals surface area contributed by atoms with Gasteiger partial charge in [-0.25, -0.2) is 4.98 Å². The first-order valence-corrected chi connectivity index (χ1v) is 10.8. The second kappa shape index (κ2) is 7.59. The minimum atomic E-state index is -0.255. The number of imidazole rings is 1. The molecule has 0 atom stereocenters. The number of aromatic nitrogens is 2. The van der Waals surface area contributed by atoms with Gasteiger partial charge in [0.25, 0.3) is 5.91 Å². The quantitative estimate of drug-likeness (QED) is 0.484. The summed E-state index contributed by atoms with van der Waals surface area (Å²) in [5, 5.41) is 5.35. The van der Waals surface area contributed by atoms with Gasteiger partial charge >= 0.3 is 0 Å².